The first-order valence-electron chi connectivity index (χ1n) is 6.18. The third-order valence-corrected chi connectivity index (χ3v) is 2.72. The summed E-state index contributed by atoms with van der Waals surface area (Å²) in [6.07, 6.45) is 0.138. The molecular formula is C12H22N2O5. The molecule has 1 heterocycles. The largest absolute Gasteiger partial charge is 0.467 e. The zero-order valence-corrected chi connectivity index (χ0v) is 12.1. The number of methoxy groups -OCH3 is 1. The average Bonchev–Trinajstić information content (AvgIpc) is 2.70. The summed E-state index contributed by atoms with van der Waals surface area (Å²) in [5.41, 5.74) is 2.06. The Balaban J connectivity index is 2.85. The standard InChI is InChI=1S/C12H22N2O5/c1-12(2,3)19-11(16)14-8(10(15)17-4)6-7-9(14)13-18-5/h8-9,13H,6-7H2,1-5H3/t8-,9?/m1/s1. The molecule has 1 aliphatic heterocycles. The summed E-state index contributed by atoms with van der Waals surface area (Å²) < 4.78 is 10.0. The highest BCUT2D eigenvalue weighted by Gasteiger charge is 2.43. The normalized spacial score (nSPS) is 23.3. The molecule has 19 heavy (non-hydrogen) atoms. The van der Waals surface area contributed by atoms with Crippen molar-refractivity contribution in [1.29, 1.82) is 0 Å². The number of likely N-dealkylation sites (tertiary alicyclic amines) is 1. The number of ether oxygens (including phenoxy) is 2. The maximum atomic E-state index is 12.2. The Morgan fingerprint density at radius 3 is 2.32 bits per heavy atom. The number of esters is 1. The molecule has 0 aromatic heterocycles. The van der Waals surface area contributed by atoms with E-state index in [2.05, 4.69) is 5.48 Å². The van der Waals surface area contributed by atoms with Crippen molar-refractivity contribution in [3.8, 4) is 0 Å². The molecule has 7 nitrogen and oxygen atoms in total. The zero-order chi connectivity index (χ0) is 14.6. The van der Waals surface area contributed by atoms with Crippen molar-refractivity contribution in [2.24, 2.45) is 0 Å². The lowest BCUT2D eigenvalue weighted by Gasteiger charge is -2.31. The van der Waals surface area contributed by atoms with Gasteiger partial charge in [-0.25, -0.2) is 9.59 Å². The average molecular weight is 274 g/mol. The summed E-state index contributed by atoms with van der Waals surface area (Å²) >= 11 is 0. The topological polar surface area (TPSA) is 77.1 Å². The fourth-order valence-electron chi connectivity index (χ4n) is 2.00. The molecule has 1 N–H and O–H groups in total. The molecule has 7 heteroatoms. The molecule has 1 fully saturated rings. The number of hydrogen-bond donors (Lipinski definition) is 1. The highest BCUT2D eigenvalue weighted by Crippen LogP contribution is 2.26. The third-order valence-electron chi connectivity index (χ3n) is 2.72. The van der Waals surface area contributed by atoms with Gasteiger partial charge in [0.25, 0.3) is 0 Å². The maximum absolute atomic E-state index is 12.2. The lowest BCUT2D eigenvalue weighted by Crippen LogP contribution is -2.52. The highest BCUT2D eigenvalue weighted by atomic mass is 16.6. The number of nitrogens with zero attached hydrogens (tertiary/aromatic N) is 1. The van der Waals surface area contributed by atoms with Crippen molar-refractivity contribution in [3.05, 3.63) is 0 Å². The van der Waals surface area contributed by atoms with Gasteiger partial charge >= 0.3 is 12.1 Å². The predicted molar refractivity (Wildman–Crippen MR) is 67.0 cm³/mol. The minimum Gasteiger partial charge on any atom is -0.467 e. The van der Waals surface area contributed by atoms with Gasteiger partial charge < -0.3 is 14.3 Å². The van der Waals surface area contributed by atoms with Crippen molar-refractivity contribution in [2.75, 3.05) is 14.2 Å². The molecule has 0 saturated carbocycles. The van der Waals surface area contributed by atoms with Crippen LogP contribution in [0.2, 0.25) is 0 Å². The molecule has 1 amide bonds. The van der Waals surface area contributed by atoms with Gasteiger partial charge in [-0.1, -0.05) is 0 Å². The van der Waals surface area contributed by atoms with E-state index in [4.69, 9.17) is 14.3 Å². The Morgan fingerprint density at radius 1 is 1.21 bits per heavy atom. The minimum atomic E-state index is -0.646. The van der Waals surface area contributed by atoms with E-state index >= 15 is 0 Å². The van der Waals surface area contributed by atoms with Crippen LogP contribution >= 0.6 is 0 Å². The zero-order valence-electron chi connectivity index (χ0n) is 12.1. The first-order chi connectivity index (χ1) is 8.80. The second kappa shape index (κ2) is 6.21. The fourth-order valence-corrected chi connectivity index (χ4v) is 2.00. The van der Waals surface area contributed by atoms with Gasteiger partial charge in [0.15, 0.2) is 0 Å². The summed E-state index contributed by atoms with van der Waals surface area (Å²) in [4.78, 5) is 30.1. The number of carbonyl (C=O) groups is 2. The van der Waals surface area contributed by atoms with Crippen LogP contribution in [0.15, 0.2) is 0 Å². The molecule has 1 aliphatic rings. The van der Waals surface area contributed by atoms with Crippen molar-refractivity contribution in [3.63, 3.8) is 0 Å². The van der Waals surface area contributed by atoms with Gasteiger partial charge in [-0.15, -0.1) is 0 Å². The molecule has 1 unspecified atom stereocenters. The van der Waals surface area contributed by atoms with E-state index in [0.717, 1.165) is 0 Å². The fraction of sp³-hybridized carbons (Fsp3) is 0.833. The Labute approximate surface area is 113 Å². The Hall–Kier alpha value is -1.34. The molecular weight excluding hydrogens is 252 g/mol. The van der Waals surface area contributed by atoms with Crippen LogP contribution < -0.4 is 5.48 Å². The molecule has 110 valence electrons. The van der Waals surface area contributed by atoms with E-state index in [1.807, 2.05) is 0 Å². The van der Waals surface area contributed by atoms with Gasteiger partial charge in [0, 0.05) is 0 Å². The molecule has 0 aromatic rings. The molecule has 2 atom stereocenters. The lowest BCUT2D eigenvalue weighted by atomic mass is 10.2. The van der Waals surface area contributed by atoms with Gasteiger partial charge in [-0.2, -0.15) is 5.48 Å². The quantitative estimate of drug-likeness (QED) is 0.612. The van der Waals surface area contributed by atoms with E-state index in [-0.39, 0.29) is 0 Å². The van der Waals surface area contributed by atoms with Gasteiger partial charge in [0.05, 0.1) is 14.2 Å². The number of hydroxylamine groups is 1. The van der Waals surface area contributed by atoms with Crippen LogP contribution in [0.3, 0.4) is 0 Å². The Bertz CT molecular complexity index is 340. The molecule has 0 spiro atoms. The van der Waals surface area contributed by atoms with E-state index in [1.54, 1.807) is 20.8 Å². The van der Waals surface area contributed by atoms with Crippen molar-refractivity contribution in [1.82, 2.24) is 10.4 Å². The van der Waals surface area contributed by atoms with Crippen LogP contribution in [-0.2, 0) is 19.1 Å². The smallest absolute Gasteiger partial charge is 0.412 e. The molecule has 0 aromatic carbocycles. The lowest BCUT2D eigenvalue weighted by molar-refractivity contribution is -0.147. The summed E-state index contributed by atoms with van der Waals surface area (Å²) in [5, 5.41) is 0. The summed E-state index contributed by atoms with van der Waals surface area (Å²) in [6.45, 7) is 5.31. The Morgan fingerprint density at radius 2 is 1.84 bits per heavy atom. The summed E-state index contributed by atoms with van der Waals surface area (Å²) in [5.74, 6) is -0.453. The first kappa shape index (κ1) is 15.7. The summed E-state index contributed by atoms with van der Waals surface area (Å²) in [7, 11) is 2.76. The third kappa shape index (κ3) is 4.07. The van der Waals surface area contributed by atoms with Crippen LogP contribution in [0.4, 0.5) is 4.79 Å². The van der Waals surface area contributed by atoms with Crippen molar-refractivity contribution >= 4 is 12.1 Å². The van der Waals surface area contributed by atoms with Crippen LogP contribution in [0.5, 0.6) is 0 Å². The SMILES string of the molecule is CONC1CC[C@H](C(=O)OC)N1C(=O)OC(C)(C)C. The monoisotopic (exact) mass is 274 g/mol. The van der Waals surface area contributed by atoms with E-state index in [9.17, 15) is 9.59 Å². The van der Waals surface area contributed by atoms with Crippen LogP contribution in [0.25, 0.3) is 0 Å². The van der Waals surface area contributed by atoms with Gasteiger partial charge in [0.2, 0.25) is 0 Å². The molecule has 0 bridgehead atoms. The van der Waals surface area contributed by atoms with Gasteiger partial charge in [0.1, 0.15) is 17.8 Å². The second-order valence-corrected chi connectivity index (χ2v) is 5.34. The number of carbonyl (C=O) groups excluding carboxylic acids is 2. The first-order valence-corrected chi connectivity index (χ1v) is 6.18. The van der Waals surface area contributed by atoms with Gasteiger partial charge in [-0.3, -0.25) is 4.90 Å². The van der Waals surface area contributed by atoms with Crippen LogP contribution in [0, 0.1) is 0 Å². The highest BCUT2D eigenvalue weighted by molar-refractivity contribution is 5.82. The maximum Gasteiger partial charge on any atom is 0.412 e. The van der Waals surface area contributed by atoms with Crippen LogP contribution in [-0.4, -0.2) is 49.0 Å². The number of hydrogen-bond acceptors (Lipinski definition) is 6. The number of amides is 1. The van der Waals surface area contributed by atoms with Crippen LogP contribution in [0.1, 0.15) is 33.6 Å². The van der Waals surface area contributed by atoms with Gasteiger partial charge in [-0.05, 0) is 33.6 Å². The minimum absolute atomic E-state index is 0.399. The van der Waals surface area contributed by atoms with Crippen molar-refractivity contribution in [2.45, 2.75) is 51.4 Å². The predicted octanol–water partition coefficient (Wildman–Crippen LogP) is 1.04. The second-order valence-electron chi connectivity index (χ2n) is 5.34. The van der Waals surface area contributed by atoms with E-state index in [1.165, 1.54) is 19.1 Å². The van der Waals surface area contributed by atoms with Crippen molar-refractivity contribution < 1.29 is 23.9 Å². The number of rotatable bonds is 3. The Kier molecular flexibility index (Phi) is 5.13. The molecule has 0 radical (unpaired) electrons. The van der Waals surface area contributed by atoms with E-state index < -0.39 is 29.9 Å². The summed E-state index contributed by atoms with van der Waals surface area (Å²) in [6, 6.07) is -0.646. The number of nitrogens with one attached hydrogen (secondary N) is 1. The van der Waals surface area contributed by atoms with E-state index in [0.29, 0.717) is 12.8 Å². The molecule has 0 aliphatic carbocycles. The molecule has 1 rings (SSSR count). The molecule has 1 saturated heterocycles.